The van der Waals surface area contributed by atoms with E-state index in [9.17, 15) is 0 Å². The molecular weight excluding hydrogens is 232 g/mol. The van der Waals surface area contributed by atoms with Crippen LogP contribution in [-0.4, -0.2) is 30.1 Å². The van der Waals surface area contributed by atoms with Crippen LogP contribution in [-0.2, 0) is 0 Å². The summed E-state index contributed by atoms with van der Waals surface area (Å²) in [6.45, 7) is 7.07. The van der Waals surface area contributed by atoms with E-state index in [4.69, 9.17) is 0 Å². The average molecular weight is 258 g/mol. The highest BCUT2D eigenvalue weighted by atomic mass is 15.2. The Labute approximate surface area is 117 Å². The van der Waals surface area contributed by atoms with Crippen molar-refractivity contribution in [3.8, 4) is 0 Å². The normalized spacial score (nSPS) is 25.9. The molecule has 2 nitrogen and oxygen atoms in total. The molecule has 1 aromatic carbocycles. The topological polar surface area (TPSA) is 15.3 Å². The van der Waals surface area contributed by atoms with Gasteiger partial charge in [0.2, 0.25) is 0 Å². The van der Waals surface area contributed by atoms with Gasteiger partial charge in [-0.2, -0.15) is 0 Å². The van der Waals surface area contributed by atoms with Crippen molar-refractivity contribution < 1.29 is 0 Å². The van der Waals surface area contributed by atoms with E-state index < -0.39 is 0 Å². The fraction of sp³-hybridized carbons (Fsp3) is 0.647. The Morgan fingerprint density at radius 2 is 1.84 bits per heavy atom. The summed E-state index contributed by atoms with van der Waals surface area (Å²) in [6.07, 6.45) is 4.09. The third-order valence-electron chi connectivity index (χ3n) is 4.62. The summed E-state index contributed by atoms with van der Waals surface area (Å²) in [6, 6.07) is 13.0. The molecule has 1 saturated carbocycles. The molecule has 1 aliphatic carbocycles. The van der Waals surface area contributed by atoms with Crippen molar-refractivity contribution >= 4 is 0 Å². The first-order valence-electron chi connectivity index (χ1n) is 7.79. The molecular formula is C17H26N2. The van der Waals surface area contributed by atoms with Crippen molar-refractivity contribution in [2.45, 2.75) is 51.2 Å². The first-order chi connectivity index (χ1) is 9.24. The van der Waals surface area contributed by atoms with Crippen LogP contribution in [0.3, 0.4) is 0 Å². The summed E-state index contributed by atoms with van der Waals surface area (Å²) in [5.74, 6) is 0.871. The quantitative estimate of drug-likeness (QED) is 0.872. The average Bonchev–Trinajstić information content (AvgIpc) is 3.15. The van der Waals surface area contributed by atoms with Crippen molar-refractivity contribution in [1.82, 2.24) is 10.2 Å². The number of nitrogens with one attached hydrogen (secondary N) is 1. The van der Waals surface area contributed by atoms with E-state index in [1.165, 1.54) is 37.9 Å². The summed E-state index contributed by atoms with van der Waals surface area (Å²) < 4.78 is 0. The highest BCUT2D eigenvalue weighted by Crippen LogP contribution is 2.41. The summed E-state index contributed by atoms with van der Waals surface area (Å²) in [5.41, 5.74) is 1.48. The molecule has 1 saturated heterocycles. The fourth-order valence-electron chi connectivity index (χ4n) is 3.24. The predicted octanol–water partition coefficient (Wildman–Crippen LogP) is 3.21. The van der Waals surface area contributed by atoms with Crippen molar-refractivity contribution in [1.29, 1.82) is 0 Å². The number of rotatable bonds is 5. The molecule has 1 N–H and O–H groups in total. The first kappa shape index (κ1) is 13.1. The molecule has 2 unspecified atom stereocenters. The molecule has 2 fully saturated rings. The Bertz CT molecular complexity index is 397. The second kappa shape index (κ2) is 5.64. The molecule has 0 spiro atoms. The van der Waals surface area contributed by atoms with E-state index in [1.807, 2.05) is 0 Å². The number of hydrogen-bond donors (Lipinski definition) is 1. The van der Waals surface area contributed by atoms with Crippen molar-refractivity contribution in [3.63, 3.8) is 0 Å². The Morgan fingerprint density at radius 3 is 2.42 bits per heavy atom. The van der Waals surface area contributed by atoms with Gasteiger partial charge in [-0.3, -0.25) is 4.90 Å². The highest BCUT2D eigenvalue weighted by Gasteiger charge is 2.35. The van der Waals surface area contributed by atoms with Crippen molar-refractivity contribution in [2.24, 2.45) is 5.92 Å². The molecule has 2 atom stereocenters. The van der Waals surface area contributed by atoms with Gasteiger partial charge >= 0.3 is 0 Å². The number of likely N-dealkylation sites (tertiary alicyclic amines) is 1. The molecule has 19 heavy (non-hydrogen) atoms. The minimum atomic E-state index is 0.582. The highest BCUT2D eigenvalue weighted by molar-refractivity contribution is 5.21. The molecule has 0 amide bonds. The molecule has 1 heterocycles. The van der Waals surface area contributed by atoms with Gasteiger partial charge in [-0.1, -0.05) is 30.3 Å². The largest absolute Gasteiger partial charge is 0.306 e. The maximum Gasteiger partial charge on any atom is 0.0351 e. The molecule has 0 bridgehead atoms. The second-order valence-corrected chi connectivity index (χ2v) is 6.47. The molecule has 1 aliphatic heterocycles. The van der Waals surface area contributed by atoms with Crippen LogP contribution in [0.15, 0.2) is 30.3 Å². The monoisotopic (exact) mass is 258 g/mol. The third-order valence-corrected chi connectivity index (χ3v) is 4.62. The van der Waals surface area contributed by atoms with Crippen LogP contribution in [0.1, 0.15) is 44.7 Å². The van der Waals surface area contributed by atoms with Gasteiger partial charge in [-0.15, -0.1) is 0 Å². The lowest BCUT2D eigenvalue weighted by atomic mass is 10.0. The molecule has 0 radical (unpaired) electrons. The van der Waals surface area contributed by atoms with Crippen LogP contribution < -0.4 is 5.32 Å². The van der Waals surface area contributed by atoms with Crippen LogP contribution in [0.5, 0.6) is 0 Å². The Balaban J connectivity index is 1.63. The van der Waals surface area contributed by atoms with Crippen LogP contribution in [0, 0.1) is 5.92 Å². The third kappa shape index (κ3) is 3.18. The van der Waals surface area contributed by atoms with E-state index >= 15 is 0 Å². The van der Waals surface area contributed by atoms with Gasteiger partial charge in [0.25, 0.3) is 0 Å². The molecule has 2 aliphatic rings. The smallest absolute Gasteiger partial charge is 0.0351 e. The van der Waals surface area contributed by atoms with Gasteiger partial charge in [0.05, 0.1) is 0 Å². The first-order valence-corrected chi connectivity index (χ1v) is 7.79. The van der Waals surface area contributed by atoms with Gasteiger partial charge < -0.3 is 5.32 Å². The maximum absolute atomic E-state index is 3.94. The Hall–Kier alpha value is -0.860. The van der Waals surface area contributed by atoms with Gasteiger partial charge in [-0.05, 0) is 51.1 Å². The van der Waals surface area contributed by atoms with E-state index in [1.54, 1.807) is 0 Å². The summed E-state index contributed by atoms with van der Waals surface area (Å²) in [4.78, 5) is 2.59. The minimum Gasteiger partial charge on any atom is -0.306 e. The van der Waals surface area contributed by atoms with Gasteiger partial charge in [0.15, 0.2) is 0 Å². The Morgan fingerprint density at radius 1 is 1.11 bits per heavy atom. The summed E-state index contributed by atoms with van der Waals surface area (Å²) in [5, 5.41) is 3.94. The van der Waals surface area contributed by atoms with E-state index in [0.29, 0.717) is 18.1 Å². The molecule has 3 rings (SSSR count). The zero-order chi connectivity index (χ0) is 13.2. The van der Waals surface area contributed by atoms with Crippen molar-refractivity contribution in [3.05, 3.63) is 35.9 Å². The van der Waals surface area contributed by atoms with Crippen LogP contribution in [0.4, 0.5) is 0 Å². The number of nitrogens with zero attached hydrogens (tertiary/aromatic N) is 1. The predicted molar refractivity (Wildman–Crippen MR) is 80.2 cm³/mol. The molecule has 104 valence electrons. The lowest BCUT2D eigenvalue weighted by Gasteiger charge is -2.25. The molecule has 0 aromatic heterocycles. The summed E-state index contributed by atoms with van der Waals surface area (Å²) in [7, 11) is 0. The zero-order valence-electron chi connectivity index (χ0n) is 12.2. The van der Waals surface area contributed by atoms with Crippen molar-refractivity contribution in [2.75, 3.05) is 13.1 Å². The maximum atomic E-state index is 3.94. The minimum absolute atomic E-state index is 0.582. The van der Waals surface area contributed by atoms with E-state index in [0.717, 1.165) is 5.92 Å². The Kier molecular flexibility index (Phi) is 3.90. The van der Waals surface area contributed by atoms with Gasteiger partial charge in [-0.25, -0.2) is 0 Å². The summed E-state index contributed by atoms with van der Waals surface area (Å²) >= 11 is 0. The van der Waals surface area contributed by atoms with Gasteiger partial charge in [0.1, 0.15) is 0 Å². The molecule has 1 aromatic rings. The lowest BCUT2D eigenvalue weighted by Crippen LogP contribution is -2.37. The van der Waals surface area contributed by atoms with Crippen LogP contribution in [0.25, 0.3) is 0 Å². The number of hydrogen-bond acceptors (Lipinski definition) is 2. The van der Waals surface area contributed by atoms with E-state index in [2.05, 4.69) is 54.4 Å². The number of benzene rings is 1. The van der Waals surface area contributed by atoms with Crippen LogP contribution in [0.2, 0.25) is 0 Å². The van der Waals surface area contributed by atoms with E-state index in [-0.39, 0.29) is 0 Å². The standard InChI is InChI=1S/C17H26N2/c1-13(2)19-11-10-16(12-19)18-17(15-8-9-15)14-6-4-3-5-7-14/h3-7,13,15-18H,8-12H2,1-2H3. The fourth-order valence-corrected chi connectivity index (χ4v) is 3.24. The zero-order valence-corrected chi connectivity index (χ0v) is 12.2. The lowest BCUT2D eigenvalue weighted by molar-refractivity contribution is 0.263. The SMILES string of the molecule is CC(C)N1CCC(NC(c2ccccc2)C2CC2)C1. The van der Waals surface area contributed by atoms with Gasteiger partial charge in [0, 0.05) is 24.7 Å². The second-order valence-electron chi connectivity index (χ2n) is 6.47. The van der Waals surface area contributed by atoms with Crippen LogP contribution >= 0.6 is 0 Å². The molecule has 2 heteroatoms.